The lowest BCUT2D eigenvalue weighted by Crippen LogP contribution is -2.28. The van der Waals surface area contributed by atoms with Gasteiger partial charge in [0.25, 0.3) is 0 Å². The summed E-state index contributed by atoms with van der Waals surface area (Å²) in [6.07, 6.45) is 72.4. The fraction of sp³-hybridized carbons (Fsp3) is 0.831. The lowest BCUT2D eigenvalue weighted by Gasteiger charge is -2.15. The quantitative estimate of drug-likeness (QED) is 0.0374. The van der Waals surface area contributed by atoms with Crippen LogP contribution in [-0.2, 0) is 19.1 Å². The van der Waals surface area contributed by atoms with Crippen molar-refractivity contribution in [2.24, 2.45) is 0 Å². The van der Waals surface area contributed by atoms with Crippen LogP contribution in [0.5, 0.6) is 0 Å². The number of aliphatic hydroxyl groups is 1. The lowest BCUT2D eigenvalue weighted by atomic mass is 10.0. The molecular formula is C59H108O5. The van der Waals surface area contributed by atoms with Crippen molar-refractivity contribution in [2.45, 2.75) is 302 Å². The molecule has 1 atom stereocenters. The highest BCUT2D eigenvalue weighted by atomic mass is 16.6. The molecule has 0 fully saturated rings. The summed E-state index contributed by atoms with van der Waals surface area (Å²) >= 11 is 0. The Morgan fingerprint density at radius 2 is 0.672 bits per heavy atom. The van der Waals surface area contributed by atoms with Crippen LogP contribution in [0.15, 0.2) is 48.6 Å². The molecule has 0 spiro atoms. The minimum Gasteiger partial charge on any atom is -0.462 e. The van der Waals surface area contributed by atoms with Crippen molar-refractivity contribution >= 4 is 11.9 Å². The Balaban J connectivity index is 3.40. The van der Waals surface area contributed by atoms with E-state index >= 15 is 0 Å². The Kier molecular flexibility index (Phi) is 53.3. The van der Waals surface area contributed by atoms with Crippen LogP contribution in [0.3, 0.4) is 0 Å². The number of ether oxygens (including phenoxy) is 2. The van der Waals surface area contributed by atoms with Gasteiger partial charge in [-0.25, -0.2) is 0 Å². The molecule has 5 nitrogen and oxygen atoms in total. The molecule has 0 amide bonds. The fourth-order valence-electron chi connectivity index (χ4n) is 8.43. The number of allylic oxidation sites excluding steroid dienone is 8. The Morgan fingerprint density at radius 3 is 1.02 bits per heavy atom. The summed E-state index contributed by atoms with van der Waals surface area (Å²) in [4.78, 5) is 24.5. The Labute approximate surface area is 398 Å². The molecule has 0 aliphatic carbocycles. The Bertz CT molecular complexity index is 1060. The maximum atomic E-state index is 12.3. The third-order valence-electron chi connectivity index (χ3n) is 12.6. The van der Waals surface area contributed by atoms with Gasteiger partial charge in [0.2, 0.25) is 0 Å². The molecule has 0 aromatic carbocycles. The maximum Gasteiger partial charge on any atom is 0.306 e. The monoisotopic (exact) mass is 897 g/mol. The van der Waals surface area contributed by atoms with Crippen molar-refractivity contribution in [3.63, 3.8) is 0 Å². The molecule has 0 saturated carbocycles. The second kappa shape index (κ2) is 55.2. The summed E-state index contributed by atoms with van der Waals surface area (Å²) in [5, 5.41) is 9.63. The van der Waals surface area contributed by atoms with E-state index in [1.165, 1.54) is 212 Å². The number of carbonyl (C=O) groups excluding carboxylic acids is 2. The average molecular weight is 898 g/mol. The lowest BCUT2D eigenvalue weighted by molar-refractivity contribution is -0.161. The summed E-state index contributed by atoms with van der Waals surface area (Å²) < 4.78 is 10.7. The topological polar surface area (TPSA) is 72.8 Å². The highest BCUT2D eigenvalue weighted by molar-refractivity contribution is 5.70. The van der Waals surface area contributed by atoms with Gasteiger partial charge >= 0.3 is 11.9 Å². The third kappa shape index (κ3) is 52.5. The molecule has 0 radical (unpaired) electrons. The van der Waals surface area contributed by atoms with Crippen molar-refractivity contribution in [2.75, 3.05) is 13.2 Å². The molecule has 0 aromatic rings. The zero-order valence-corrected chi connectivity index (χ0v) is 42.8. The van der Waals surface area contributed by atoms with Gasteiger partial charge in [-0.1, -0.05) is 281 Å². The SMILES string of the molecule is CC/C=C\C/C=C\C/C=C\C/C=C\CCCCCCCCCCCCCCCCCCCCCCCCC(=O)OC(CO)COC(=O)CCCCCCCCCCCCCCCCC. The van der Waals surface area contributed by atoms with E-state index in [1.54, 1.807) is 0 Å². The largest absolute Gasteiger partial charge is 0.462 e. The number of hydrogen-bond acceptors (Lipinski definition) is 5. The van der Waals surface area contributed by atoms with Gasteiger partial charge in [-0.2, -0.15) is 0 Å². The first-order valence-corrected chi connectivity index (χ1v) is 28.2. The van der Waals surface area contributed by atoms with Crippen molar-refractivity contribution < 1.29 is 24.2 Å². The van der Waals surface area contributed by atoms with Crippen LogP contribution in [0.2, 0.25) is 0 Å². The Morgan fingerprint density at radius 1 is 0.375 bits per heavy atom. The molecule has 5 heteroatoms. The van der Waals surface area contributed by atoms with Gasteiger partial charge in [-0.3, -0.25) is 9.59 Å². The maximum absolute atomic E-state index is 12.3. The number of carbonyl (C=O) groups is 2. The summed E-state index contributed by atoms with van der Waals surface area (Å²) in [5.74, 6) is -0.573. The van der Waals surface area contributed by atoms with Gasteiger partial charge in [0, 0.05) is 12.8 Å². The molecule has 0 aromatic heterocycles. The van der Waals surface area contributed by atoms with Crippen LogP contribution in [0.25, 0.3) is 0 Å². The van der Waals surface area contributed by atoms with Crippen molar-refractivity contribution in [3.8, 4) is 0 Å². The molecular weight excluding hydrogens is 789 g/mol. The summed E-state index contributed by atoms with van der Waals surface area (Å²) in [7, 11) is 0. The number of esters is 2. The molecule has 1 unspecified atom stereocenters. The van der Waals surface area contributed by atoms with E-state index in [-0.39, 0.29) is 25.2 Å². The van der Waals surface area contributed by atoms with Gasteiger partial charge in [-0.05, 0) is 51.4 Å². The van der Waals surface area contributed by atoms with Crippen LogP contribution >= 0.6 is 0 Å². The van der Waals surface area contributed by atoms with Gasteiger partial charge in [-0.15, -0.1) is 0 Å². The highest BCUT2D eigenvalue weighted by Gasteiger charge is 2.16. The summed E-state index contributed by atoms with van der Waals surface area (Å²) in [6.45, 7) is 4.06. The zero-order chi connectivity index (χ0) is 46.3. The van der Waals surface area contributed by atoms with E-state index in [0.717, 1.165) is 57.8 Å². The predicted molar refractivity (Wildman–Crippen MR) is 279 cm³/mol. The van der Waals surface area contributed by atoms with Crippen LogP contribution in [-0.4, -0.2) is 36.4 Å². The van der Waals surface area contributed by atoms with Crippen molar-refractivity contribution in [1.29, 1.82) is 0 Å². The summed E-state index contributed by atoms with van der Waals surface area (Å²) in [6, 6.07) is 0. The fourth-order valence-corrected chi connectivity index (χ4v) is 8.43. The van der Waals surface area contributed by atoms with Gasteiger partial charge in [0.1, 0.15) is 6.61 Å². The molecule has 1 N–H and O–H groups in total. The smallest absolute Gasteiger partial charge is 0.306 e. The molecule has 0 rings (SSSR count). The normalized spacial score (nSPS) is 12.5. The number of rotatable bonds is 52. The first-order chi connectivity index (χ1) is 31.6. The van der Waals surface area contributed by atoms with Gasteiger partial charge in [0.15, 0.2) is 6.10 Å². The van der Waals surface area contributed by atoms with Crippen LogP contribution < -0.4 is 0 Å². The third-order valence-corrected chi connectivity index (χ3v) is 12.6. The second-order valence-electron chi connectivity index (χ2n) is 19.0. The molecule has 0 bridgehead atoms. The predicted octanol–water partition coefficient (Wildman–Crippen LogP) is 18.9. The molecule has 374 valence electrons. The standard InChI is InChI=1S/C59H108O5/c1-3-5-7-9-11-13-15-17-19-20-21-22-23-24-25-26-27-28-29-30-31-32-33-34-35-36-37-38-40-42-44-46-48-50-52-54-59(62)64-57(55-60)56-63-58(61)53-51-49-47-45-43-41-39-18-16-14-12-10-8-6-4-2/h5,7,11,13,17,19,21-22,57,60H,3-4,6,8-10,12,14-16,18,20,23-56H2,1-2H3/b7-5-,13-11-,19-17-,22-21-. The van der Waals surface area contributed by atoms with E-state index < -0.39 is 6.10 Å². The highest BCUT2D eigenvalue weighted by Crippen LogP contribution is 2.17. The molecule has 0 heterocycles. The van der Waals surface area contributed by atoms with E-state index in [9.17, 15) is 14.7 Å². The first-order valence-electron chi connectivity index (χ1n) is 28.2. The minimum atomic E-state index is -0.767. The van der Waals surface area contributed by atoms with E-state index in [0.29, 0.717) is 12.8 Å². The number of aliphatic hydroxyl groups excluding tert-OH is 1. The van der Waals surface area contributed by atoms with Gasteiger partial charge in [0.05, 0.1) is 6.61 Å². The first kappa shape index (κ1) is 61.9. The van der Waals surface area contributed by atoms with Crippen LogP contribution in [0.4, 0.5) is 0 Å². The van der Waals surface area contributed by atoms with Crippen LogP contribution in [0.1, 0.15) is 296 Å². The number of unbranched alkanes of at least 4 members (excludes halogenated alkanes) is 36. The average Bonchev–Trinajstić information content (AvgIpc) is 3.30. The second-order valence-corrected chi connectivity index (χ2v) is 19.0. The van der Waals surface area contributed by atoms with Crippen LogP contribution in [0, 0.1) is 0 Å². The summed E-state index contributed by atoms with van der Waals surface area (Å²) in [5.41, 5.74) is 0. The van der Waals surface area contributed by atoms with Gasteiger partial charge < -0.3 is 14.6 Å². The molecule has 0 saturated heterocycles. The number of hydrogen-bond donors (Lipinski definition) is 1. The van der Waals surface area contributed by atoms with E-state index in [1.807, 2.05) is 0 Å². The molecule has 0 aliphatic rings. The molecule has 64 heavy (non-hydrogen) atoms. The zero-order valence-electron chi connectivity index (χ0n) is 42.8. The van der Waals surface area contributed by atoms with Crippen molar-refractivity contribution in [1.82, 2.24) is 0 Å². The van der Waals surface area contributed by atoms with Crippen molar-refractivity contribution in [3.05, 3.63) is 48.6 Å². The van der Waals surface area contributed by atoms with E-state index in [2.05, 4.69) is 62.5 Å². The van der Waals surface area contributed by atoms with E-state index in [4.69, 9.17) is 9.47 Å². The molecule has 0 aliphatic heterocycles. The minimum absolute atomic E-state index is 0.0596. The Hall–Kier alpha value is -2.14.